The molecule has 0 aliphatic carbocycles. The maximum Gasteiger partial charge on any atom is 0.259 e. The van der Waals surface area contributed by atoms with Gasteiger partial charge in [0, 0.05) is 37.7 Å². The van der Waals surface area contributed by atoms with Crippen molar-refractivity contribution < 1.29 is 23.1 Å². The van der Waals surface area contributed by atoms with E-state index in [-0.39, 0.29) is 11.8 Å². The third kappa shape index (κ3) is 4.86. The van der Waals surface area contributed by atoms with E-state index in [0.29, 0.717) is 31.0 Å². The van der Waals surface area contributed by atoms with Crippen LogP contribution in [0.4, 0.5) is 8.78 Å². The summed E-state index contributed by atoms with van der Waals surface area (Å²) in [4.78, 5) is 28.6. The van der Waals surface area contributed by atoms with Crippen molar-refractivity contribution in [3.05, 3.63) is 65.2 Å². The van der Waals surface area contributed by atoms with E-state index >= 15 is 0 Å². The maximum absolute atomic E-state index is 14.0. The average Bonchev–Trinajstić information content (AvgIpc) is 3.32. The van der Waals surface area contributed by atoms with Crippen molar-refractivity contribution in [3.8, 4) is 5.75 Å². The molecular formula is C24H26F2N2O3. The number of hydrogen-bond donors (Lipinski definition) is 0. The summed E-state index contributed by atoms with van der Waals surface area (Å²) in [5.41, 5.74) is 0.104. The Bertz CT molecular complexity index is 939. The first kappa shape index (κ1) is 21.3. The van der Waals surface area contributed by atoms with Gasteiger partial charge in [-0.3, -0.25) is 9.59 Å². The van der Waals surface area contributed by atoms with Gasteiger partial charge in [-0.25, -0.2) is 8.78 Å². The van der Waals surface area contributed by atoms with Gasteiger partial charge in [0.05, 0.1) is 6.61 Å². The lowest BCUT2D eigenvalue weighted by atomic mass is 9.98. The number of carbonyl (C=O) groups is 2. The molecule has 0 saturated carbocycles. The average molecular weight is 428 g/mol. The van der Waals surface area contributed by atoms with E-state index in [4.69, 9.17) is 4.74 Å². The summed E-state index contributed by atoms with van der Waals surface area (Å²) >= 11 is 0. The Morgan fingerprint density at radius 3 is 2.32 bits per heavy atom. The molecule has 2 aliphatic heterocycles. The molecule has 2 heterocycles. The molecule has 1 atom stereocenters. The molecule has 31 heavy (non-hydrogen) atoms. The quantitative estimate of drug-likeness (QED) is 0.720. The van der Waals surface area contributed by atoms with Crippen LogP contribution in [0, 0.1) is 17.6 Å². The second-order valence-electron chi connectivity index (χ2n) is 8.19. The summed E-state index contributed by atoms with van der Waals surface area (Å²) in [6, 6.07) is 10.6. The number of nitrogens with zero attached hydrogens (tertiary/aromatic N) is 2. The zero-order valence-electron chi connectivity index (χ0n) is 17.4. The second kappa shape index (κ2) is 9.45. The molecule has 1 unspecified atom stereocenters. The van der Waals surface area contributed by atoms with E-state index in [1.807, 2.05) is 4.90 Å². The van der Waals surface area contributed by atoms with Crippen LogP contribution in [0.1, 0.15) is 46.4 Å². The maximum atomic E-state index is 14.0. The molecule has 5 nitrogen and oxygen atoms in total. The minimum Gasteiger partial charge on any atom is -0.493 e. The SMILES string of the molecule is O=C(c1cccc(OCC2CCCN(C(=O)c3c(F)cccc3F)C2)c1)N1CCCC1. The zero-order valence-corrected chi connectivity index (χ0v) is 17.4. The monoisotopic (exact) mass is 428 g/mol. The Labute approximate surface area is 180 Å². The van der Waals surface area contributed by atoms with Crippen LogP contribution in [-0.4, -0.2) is 54.4 Å². The third-order valence-electron chi connectivity index (χ3n) is 5.94. The number of ether oxygens (including phenoxy) is 1. The summed E-state index contributed by atoms with van der Waals surface area (Å²) in [6.45, 7) is 2.78. The van der Waals surface area contributed by atoms with E-state index in [2.05, 4.69) is 0 Å². The fourth-order valence-electron chi connectivity index (χ4n) is 4.28. The molecule has 2 saturated heterocycles. The molecule has 4 rings (SSSR count). The number of amides is 2. The van der Waals surface area contributed by atoms with Crippen LogP contribution in [0.3, 0.4) is 0 Å². The molecule has 164 valence electrons. The van der Waals surface area contributed by atoms with Crippen molar-refractivity contribution in [1.82, 2.24) is 9.80 Å². The van der Waals surface area contributed by atoms with Crippen molar-refractivity contribution in [2.75, 3.05) is 32.8 Å². The number of likely N-dealkylation sites (tertiary alicyclic amines) is 2. The molecule has 0 aromatic heterocycles. The van der Waals surface area contributed by atoms with Gasteiger partial charge in [-0.05, 0) is 56.0 Å². The Hall–Kier alpha value is -2.96. The van der Waals surface area contributed by atoms with Crippen molar-refractivity contribution >= 4 is 11.8 Å². The number of benzene rings is 2. The summed E-state index contributed by atoms with van der Waals surface area (Å²) in [5.74, 6) is -1.65. The lowest BCUT2D eigenvalue weighted by Crippen LogP contribution is -2.42. The Morgan fingerprint density at radius 1 is 0.903 bits per heavy atom. The molecule has 0 N–H and O–H groups in total. The van der Waals surface area contributed by atoms with E-state index in [1.165, 1.54) is 11.0 Å². The molecule has 2 aromatic carbocycles. The molecule has 0 bridgehead atoms. The smallest absolute Gasteiger partial charge is 0.259 e. The van der Waals surface area contributed by atoms with Crippen LogP contribution in [0.15, 0.2) is 42.5 Å². The van der Waals surface area contributed by atoms with Gasteiger partial charge in [0.25, 0.3) is 11.8 Å². The van der Waals surface area contributed by atoms with Crippen LogP contribution in [0.2, 0.25) is 0 Å². The van der Waals surface area contributed by atoms with Crippen LogP contribution in [0.25, 0.3) is 0 Å². The van der Waals surface area contributed by atoms with Crippen LogP contribution in [0.5, 0.6) is 5.75 Å². The van der Waals surface area contributed by atoms with E-state index in [1.54, 1.807) is 24.3 Å². The molecule has 0 spiro atoms. The first-order valence-electron chi connectivity index (χ1n) is 10.8. The summed E-state index contributed by atoms with van der Waals surface area (Å²) in [7, 11) is 0. The number of hydrogen-bond acceptors (Lipinski definition) is 3. The van der Waals surface area contributed by atoms with Gasteiger partial charge in [0.1, 0.15) is 22.9 Å². The lowest BCUT2D eigenvalue weighted by molar-refractivity contribution is 0.0623. The predicted octanol–water partition coefficient (Wildman–Crippen LogP) is 4.13. The second-order valence-corrected chi connectivity index (χ2v) is 8.19. The molecule has 2 aliphatic rings. The Kier molecular flexibility index (Phi) is 6.49. The fourth-order valence-corrected chi connectivity index (χ4v) is 4.28. The number of carbonyl (C=O) groups excluding carboxylic acids is 2. The summed E-state index contributed by atoms with van der Waals surface area (Å²) in [6.07, 6.45) is 3.67. The standard InChI is InChI=1S/C24H26F2N2O3/c25-20-9-4-10-21(26)22(20)24(30)28-13-5-6-17(15-28)16-31-19-8-3-7-18(14-19)23(29)27-11-1-2-12-27/h3-4,7-10,14,17H,1-2,5-6,11-13,15-16H2. The van der Waals surface area contributed by atoms with Gasteiger partial charge in [-0.1, -0.05) is 12.1 Å². The normalized spacial score (nSPS) is 18.8. The minimum absolute atomic E-state index is 0.0179. The van der Waals surface area contributed by atoms with Crippen molar-refractivity contribution in [2.24, 2.45) is 5.92 Å². The largest absolute Gasteiger partial charge is 0.493 e. The van der Waals surface area contributed by atoms with Gasteiger partial charge < -0.3 is 14.5 Å². The van der Waals surface area contributed by atoms with Gasteiger partial charge in [0.15, 0.2) is 0 Å². The molecule has 7 heteroatoms. The highest BCUT2D eigenvalue weighted by Gasteiger charge is 2.28. The summed E-state index contributed by atoms with van der Waals surface area (Å²) in [5, 5.41) is 0. The van der Waals surface area contributed by atoms with Crippen molar-refractivity contribution in [3.63, 3.8) is 0 Å². The van der Waals surface area contributed by atoms with E-state index in [0.717, 1.165) is 50.9 Å². The minimum atomic E-state index is -0.845. The first-order valence-corrected chi connectivity index (χ1v) is 10.8. The van der Waals surface area contributed by atoms with Gasteiger partial charge >= 0.3 is 0 Å². The topological polar surface area (TPSA) is 49.9 Å². The molecule has 0 radical (unpaired) electrons. The first-order chi connectivity index (χ1) is 15.0. The van der Waals surface area contributed by atoms with E-state index < -0.39 is 23.1 Å². The molecule has 2 aromatic rings. The molecular weight excluding hydrogens is 402 g/mol. The highest BCUT2D eigenvalue weighted by atomic mass is 19.1. The van der Waals surface area contributed by atoms with Gasteiger partial charge in [-0.15, -0.1) is 0 Å². The molecule has 2 fully saturated rings. The Morgan fingerprint density at radius 2 is 1.58 bits per heavy atom. The third-order valence-corrected chi connectivity index (χ3v) is 5.94. The fraction of sp³-hybridized carbons (Fsp3) is 0.417. The highest BCUT2D eigenvalue weighted by Crippen LogP contribution is 2.23. The van der Waals surface area contributed by atoms with Crippen molar-refractivity contribution in [1.29, 1.82) is 0 Å². The lowest BCUT2D eigenvalue weighted by Gasteiger charge is -2.32. The summed E-state index contributed by atoms with van der Waals surface area (Å²) < 4.78 is 33.9. The molecule has 2 amide bonds. The van der Waals surface area contributed by atoms with Crippen LogP contribution >= 0.6 is 0 Å². The number of halogens is 2. The number of rotatable bonds is 5. The zero-order chi connectivity index (χ0) is 21.8. The van der Waals surface area contributed by atoms with Crippen LogP contribution in [-0.2, 0) is 0 Å². The highest BCUT2D eigenvalue weighted by molar-refractivity contribution is 5.95. The van der Waals surface area contributed by atoms with Crippen LogP contribution < -0.4 is 4.74 Å². The number of piperidine rings is 1. The Balaban J connectivity index is 1.36. The van der Waals surface area contributed by atoms with Gasteiger partial charge in [-0.2, -0.15) is 0 Å². The van der Waals surface area contributed by atoms with E-state index in [9.17, 15) is 18.4 Å². The van der Waals surface area contributed by atoms with Crippen molar-refractivity contribution in [2.45, 2.75) is 25.7 Å². The predicted molar refractivity (Wildman–Crippen MR) is 112 cm³/mol. The van der Waals surface area contributed by atoms with Gasteiger partial charge in [0.2, 0.25) is 0 Å².